The first kappa shape index (κ1) is 15.1. The Balaban J connectivity index is 2.18. The van der Waals surface area contributed by atoms with Crippen LogP contribution in [0, 0.1) is 6.92 Å². The lowest BCUT2D eigenvalue weighted by atomic mass is 10.1. The molecule has 0 aliphatic carbocycles. The van der Waals surface area contributed by atoms with Crippen LogP contribution in [0.5, 0.6) is 0 Å². The Morgan fingerprint density at radius 1 is 1.33 bits per heavy atom. The highest BCUT2D eigenvalue weighted by Crippen LogP contribution is 2.13. The van der Waals surface area contributed by atoms with Crippen molar-refractivity contribution in [2.24, 2.45) is 5.14 Å². The number of sulfonamides is 1. The van der Waals surface area contributed by atoms with Crippen molar-refractivity contribution in [1.82, 2.24) is 10.3 Å². The lowest BCUT2D eigenvalue weighted by molar-refractivity contribution is 0.0950. The van der Waals surface area contributed by atoms with Gasteiger partial charge in [0.05, 0.1) is 4.90 Å². The molecule has 0 unspecified atom stereocenters. The third-order valence-corrected chi connectivity index (χ3v) is 3.71. The van der Waals surface area contributed by atoms with Gasteiger partial charge in [-0.1, -0.05) is 6.07 Å². The van der Waals surface area contributed by atoms with Gasteiger partial charge in [0.25, 0.3) is 5.91 Å². The number of amides is 1. The highest BCUT2D eigenvalue weighted by molar-refractivity contribution is 7.89. The van der Waals surface area contributed by atoms with E-state index in [1.165, 1.54) is 12.1 Å². The van der Waals surface area contributed by atoms with Crippen LogP contribution in [0.15, 0.2) is 47.6 Å². The van der Waals surface area contributed by atoms with Gasteiger partial charge in [-0.3, -0.25) is 9.78 Å². The zero-order valence-electron chi connectivity index (χ0n) is 11.4. The summed E-state index contributed by atoms with van der Waals surface area (Å²) in [6, 6.07) is 7.90. The first-order chi connectivity index (χ1) is 9.86. The molecule has 0 fully saturated rings. The quantitative estimate of drug-likeness (QED) is 0.878. The minimum atomic E-state index is -3.84. The minimum Gasteiger partial charge on any atom is -0.348 e. The predicted molar refractivity (Wildman–Crippen MR) is 78.0 cm³/mol. The van der Waals surface area contributed by atoms with Crippen molar-refractivity contribution in [3.63, 3.8) is 0 Å². The Labute approximate surface area is 123 Å². The molecule has 0 bridgehead atoms. The van der Waals surface area contributed by atoms with Crippen molar-refractivity contribution < 1.29 is 13.2 Å². The van der Waals surface area contributed by atoms with Gasteiger partial charge in [-0.2, -0.15) is 0 Å². The number of aromatic nitrogens is 1. The van der Waals surface area contributed by atoms with Crippen LogP contribution in [0.25, 0.3) is 0 Å². The molecule has 0 atom stereocenters. The second-order valence-electron chi connectivity index (χ2n) is 4.62. The molecule has 2 aromatic rings. The maximum Gasteiger partial charge on any atom is 0.251 e. The van der Waals surface area contributed by atoms with Gasteiger partial charge in [0.2, 0.25) is 10.0 Å². The van der Waals surface area contributed by atoms with Gasteiger partial charge >= 0.3 is 0 Å². The molecule has 21 heavy (non-hydrogen) atoms. The monoisotopic (exact) mass is 305 g/mol. The van der Waals surface area contributed by atoms with Crippen LogP contribution in [0.2, 0.25) is 0 Å². The zero-order chi connectivity index (χ0) is 15.5. The fourth-order valence-corrected chi connectivity index (χ4v) is 2.47. The molecule has 1 heterocycles. The summed E-state index contributed by atoms with van der Waals surface area (Å²) in [5.41, 5.74) is 1.75. The van der Waals surface area contributed by atoms with Crippen LogP contribution < -0.4 is 10.5 Å². The molecule has 0 radical (unpaired) electrons. The van der Waals surface area contributed by atoms with Gasteiger partial charge in [0.15, 0.2) is 0 Å². The number of aryl methyl sites for hydroxylation is 1. The first-order valence-corrected chi connectivity index (χ1v) is 7.72. The maximum atomic E-state index is 12.1. The van der Waals surface area contributed by atoms with Crippen molar-refractivity contribution in [1.29, 1.82) is 0 Å². The molecule has 0 aliphatic rings. The van der Waals surface area contributed by atoms with E-state index in [0.29, 0.717) is 12.1 Å². The second kappa shape index (κ2) is 6.02. The molecule has 0 saturated heterocycles. The number of carbonyl (C=O) groups is 1. The number of benzene rings is 1. The molecule has 7 heteroatoms. The average molecular weight is 305 g/mol. The van der Waals surface area contributed by atoms with Crippen molar-refractivity contribution in [2.45, 2.75) is 18.4 Å². The number of hydrogen-bond acceptors (Lipinski definition) is 4. The minimum absolute atomic E-state index is 0.0750. The summed E-state index contributed by atoms with van der Waals surface area (Å²) in [4.78, 5) is 16.0. The first-order valence-electron chi connectivity index (χ1n) is 6.18. The number of nitrogens with two attached hydrogens (primary N) is 1. The van der Waals surface area contributed by atoms with Gasteiger partial charge in [0, 0.05) is 24.5 Å². The van der Waals surface area contributed by atoms with E-state index >= 15 is 0 Å². The van der Waals surface area contributed by atoms with Crippen molar-refractivity contribution in [3.05, 3.63) is 59.4 Å². The number of nitrogens with zero attached hydrogens (tertiary/aromatic N) is 1. The maximum absolute atomic E-state index is 12.1. The van der Waals surface area contributed by atoms with Gasteiger partial charge in [-0.25, -0.2) is 13.6 Å². The highest BCUT2D eigenvalue weighted by atomic mass is 32.2. The topological polar surface area (TPSA) is 102 Å². The molecule has 110 valence electrons. The molecule has 1 aromatic heterocycles. The van der Waals surface area contributed by atoms with Gasteiger partial charge in [-0.15, -0.1) is 0 Å². The molecular weight excluding hydrogens is 290 g/mol. The summed E-state index contributed by atoms with van der Waals surface area (Å²) in [5.74, 6) is -0.368. The van der Waals surface area contributed by atoms with Gasteiger partial charge < -0.3 is 5.32 Å². The lowest BCUT2D eigenvalue weighted by Gasteiger charge is -2.08. The van der Waals surface area contributed by atoms with E-state index < -0.39 is 10.0 Å². The molecule has 3 N–H and O–H groups in total. The molecule has 1 aromatic carbocycles. The fourth-order valence-electron chi connectivity index (χ4n) is 1.83. The Hall–Kier alpha value is -2.25. The van der Waals surface area contributed by atoms with Crippen LogP contribution in [-0.4, -0.2) is 19.3 Å². The summed E-state index contributed by atoms with van der Waals surface area (Å²) >= 11 is 0. The number of pyridine rings is 1. The fraction of sp³-hybridized carbons (Fsp3) is 0.143. The number of carbonyl (C=O) groups excluding carboxylic acids is 1. The second-order valence-corrected chi connectivity index (χ2v) is 6.19. The normalized spacial score (nSPS) is 11.1. The van der Waals surface area contributed by atoms with Crippen LogP contribution >= 0.6 is 0 Å². The van der Waals surface area contributed by atoms with Crippen LogP contribution in [0.1, 0.15) is 21.5 Å². The summed E-state index contributed by atoms with van der Waals surface area (Å²) in [6.07, 6.45) is 3.29. The average Bonchev–Trinajstić information content (AvgIpc) is 2.44. The standard InChI is InChI=1S/C14H15N3O3S/c1-10-5-12(7-13(6-10)21(15,19)20)14(18)17-9-11-3-2-4-16-8-11/h2-8H,9H2,1H3,(H,17,18)(H2,15,19,20). The Bertz CT molecular complexity index is 758. The molecule has 6 nitrogen and oxygen atoms in total. The SMILES string of the molecule is Cc1cc(C(=O)NCc2cccnc2)cc(S(N)(=O)=O)c1. The van der Waals surface area contributed by atoms with Crippen molar-refractivity contribution >= 4 is 15.9 Å². The molecule has 0 spiro atoms. The number of nitrogens with one attached hydrogen (secondary N) is 1. The molecule has 1 amide bonds. The van der Waals surface area contributed by atoms with Crippen LogP contribution in [0.4, 0.5) is 0 Å². The van der Waals surface area contributed by atoms with E-state index in [2.05, 4.69) is 10.3 Å². The van der Waals surface area contributed by atoms with Crippen LogP contribution in [-0.2, 0) is 16.6 Å². The van der Waals surface area contributed by atoms with E-state index in [0.717, 1.165) is 5.56 Å². The molecular formula is C14H15N3O3S. The van der Waals surface area contributed by atoms with Crippen LogP contribution in [0.3, 0.4) is 0 Å². The third kappa shape index (κ3) is 4.11. The molecule has 0 aliphatic heterocycles. The summed E-state index contributed by atoms with van der Waals surface area (Å²) in [7, 11) is -3.84. The Kier molecular flexibility index (Phi) is 4.35. The van der Waals surface area contributed by atoms with Gasteiger partial charge in [0.1, 0.15) is 0 Å². The van der Waals surface area contributed by atoms with E-state index in [1.807, 2.05) is 6.07 Å². The van der Waals surface area contributed by atoms with E-state index in [4.69, 9.17) is 5.14 Å². The van der Waals surface area contributed by atoms with E-state index in [9.17, 15) is 13.2 Å². The molecule has 2 rings (SSSR count). The van der Waals surface area contributed by atoms with E-state index in [1.54, 1.807) is 31.5 Å². The largest absolute Gasteiger partial charge is 0.348 e. The zero-order valence-corrected chi connectivity index (χ0v) is 12.2. The number of hydrogen-bond donors (Lipinski definition) is 2. The summed E-state index contributed by atoms with van der Waals surface area (Å²) in [6.45, 7) is 2.01. The third-order valence-electron chi connectivity index (χ3n) is 2.82. The Morgan fingerprint density at radius 2 is 2.10 bits per heavy atom. The predicted octanol–water partition coefficient (Wildman–Crippen LogP) is 0.967. The number of primary sulfonamides is 1. The smallest absolute Gasteiger partial charge is 0.251 e. The lowest BCUT2D eigenvalue weighted by Crippen LogP contribution is -2.23. The summed E-state index contributed by atoms with van der Waals surface area (Å²) in [5, 5.41) is 7.80. The molecule has 0 saturated carbocycles. The highest BCUT2D eigenvalue weighted by Gasteiger charge is 2.13. The number of rotatable bonds is 4. The van der Waals surface area contributed by atoms with Crippen molar-refractivity contribution in [3.8, 4) is 0 Å². The van der Waals surface area contributed by atoms with Crippen molar-refractivity contribution in [2.75, 3.05) is 0 Å². The van der Waals surface area contributed by atoms with E-state index in [-0.39, 0.29) is 16.4 Å². The Morgan fingerprint density at radius 3 is 2.71 bits per heavy atom. The summed E-state index contributed by atoms with van der Waals surface area (Å²) < 4.78 is 22.8. The van der Waals surface area contributed by atoms with Gasteiger partial charge in [-0.05, 0) is 42.3 Å².